The van der Waals surface area contributed by atoms with Crippen LogP contribution in [0.5, 0.6) is 0 Å². The fourth-order valence-electron chi connectivity index (χ4n) is 1.98. The molecule has 1 saturated heterocycles. The van der Waals surface area contributed by atoms with Gasteiger partial charge in [-0.05, 0) is 32.7 Å². The lowest BCUT2D eigenvalue weighted by atomic mass is 10.1. The van der Waals surface area contributed by atoms with Crippen LogP contribution in [0.3, 0.4) is 0 Å². The summed E-state index contributed by atoms with van der Waals surface area (Å²) in [5.41, 5.74) is 0. The molecule has 8 heteroatoms. The molecule has 2 N–H and O–H groups in total. The molecular weight excluding hydrogens is 270 g/mol. The standard InChI is InChI=1S/C11H23N3O4S/c1-3-7-12-10-5-8-14(9-6-10)19(16,17)13-11(15)18-4-2/h10,12H,3-9H2,1-2H3,(H,13,15). The van der Waals surface area contributed by atoms with Crippen LogP contribution < -0.4 is 10.0 Å². The van der Waals surface area contributed by atoms with E-state index in [-0.39, 0.29) is 6.61 Å². The molecule has 0 aromatic carbocycles. The highest BCUT2D eigenvalue weighted by atomic mass is 32.2. The van der Waals surface area contributed by atoms with Crippen molar-refractivity contribution in [3.63, 3.8) is 0 Å². The lowest BCUT2D eigenvalue weighted by Gasteiger charge is -2.31. The van der Waals surface area contributed by atoms with Crippen LogP contribution in [-0.4, -0.2) is 51.1 Å². The summed E-state index contributed by atoms with van der Waals surface area (Å²) in [5, 5.41) is 3.37. The van der Waals surface area contributed by atoms with Crippen molar-refractivity contribution in [1.29, 1.82) is 0 Å². The van der Waals surface area contributed by atoms with Crippen molar-refractivity contribution in [2.75, 3.05) is 26.2 Å². The molecule has 0 saturated carbocycles. The van der Waals surface area contributed by atoms with Gasteiger partial charge in [-0.25, -0.2) is 9.52 Å². The summed E-state index contributed by atoms with van der Waals surface area (Å²) in [6.45, 7) is 5.63. The first-order chi connectivity index (χ1) is 8.99. The topological polar surface area (TPSA) is 87.7 Å². The molecule has 1 heterocycles. The zero-order chi connectivity index (χ0) is 14.3. The van der Waals surface area contributed by atoms with Gasteiger partial charge in [-0.15, -0.1) is 0 Å². The second kappa shape index (κ2) is 7.66. The third kappa shape index (κ3) is 5.33. The summed E-state index contributed by atoms with van der Waals surface area (Å²) >= 11 is 0. The monoisotopic (exact) mass is 293 g/mol. The second-order valence-electron chi connectivity index (χ2n) is 4.46. The van der Waals surface area contributed by atoms with Crippen LogP contribution in [0.2, 0.25) is 0 Å². The van der Waals surface area contributed by atoms with E-state index in [1.54, 1.807) is 6.92 Å². The maximum absolute atomic E-state index is 11.9. The van der Waals surface area contributed by atoms with Gasteiger partial charge in [0.25, 0.3) is 0 Å². The molecule has 7 nitrogen and oxygen atoms in total. The van der Waals surface area contributed by atoms with Gasteiger partial charge in [0.05, 0.1) is 6.61 Å². The van der Waals surface area contributed by atoms with E-state index in [2.05, 4.69) is 17.0 Å². The summed E-state index contributed by atoms with van der Waals surface area (Å²) in [6, 6.07) is 0.356. The minimum Gasteiger partial charge on any atom is -0.449 e. The predicted octanol–water partition coefficient (Wildman–Crippen LogP) is 0.441. The summed E-state index contributed by atoms with van der Waals surface area (Å²) in [4.78, 5) is 11.2. The number of amides is 1. The SMILES string of the molecule is CCCNC1CCN(S(=O)(=O)NC(=O)OCC)CC1. The van der Waals surface area contributed by atoms with Crippen LogP contribution in [0.1, 0.15) is 33.1 Å². The van der Waals surface area contributed by atoms with Gasteiger partial charge in [-0.1, -0.05) is 6.92 Å². The second-order valence-corrected chi connectivity index (χ2v) is 6.13. The maximum Gasteiger partial charge on any atom is 0.421 e. The van der Waals surface area contributed by atoms with Crippen molar-refractivity contribution in [3.05, 3.63) is 0 Å². The molecule has 19 heavy (non-hydrogen) atoms. The highest BCUT2D eigenvalue weighted by Gasteiger charge is 2.29. The highest BCUT2D eigenvalue weighted by molar-refractivity contribution is 7.87. The van der Waals surface area contributed by atoms with Crippen molar-refractivity contribution in [2.24, 2.45) is 0 Å². The molecule has 0 radical (unpaired) electrons. The average Bonchev–Trinajstić information content (AvgIpc) is 2.36. The molecule has 0 aromatic heterocycles. The van der Waals surface area contributed by atoms with Crippen LogP contribution in [0.15, 0.2) is 0 Å². The Morgan fingerprint density at radius 3 is 2.47 bits per heavy atom. The lowest BCUT2D eigenvalue weighted by molar-refractivity contribution is 0.157. The fourth-order valence-corrected chi connectivity index (χ4v) is 3.07. The zero-order valence-corrected chi connectivity index (χ0v) is 12.3. The van der Waals surface area contributed by atoms with E-state index in [9.17, 15) is 13.2 Å². The van der Waals surface area contributed by atoms with E-state index in [1.165, 1.54) is 4.31 Å². The number of hydrogen-bond donors (Lipinski definition) is 2. The quantitative estimate of drug-likeness (QED) is 0.742. The van der Waals surface area contributed by atoms with E-state index in [0.29, 0.717) is 19.1 Å². The van der Waals surface area contributed by atoms with E-state index < -0.39 is 16.3 Å². The van der Waals surface area contributed by atoms with Crippen LogP contribution in [-0.2, 0) is 14.9 Å². The van der Waals surface area contributed by atoms with Crippen molar-refractivity contribution >= 4 is 16.3 Å². The van der Waals surface area contributed by atoms with Crippen molar-refractivity contribution in [3.8, 4) is 0 Å². The Kier molecular flexibility index (Phi) is 6.53. The van der Waals surface area contributed by atoms with Crippen molar-refractivity contribution < 1.29 is 17.9 Å². The molecule has 0 bridgehead atoms. The molecule has 0 spiro atoms. The van der Waals surface area contributed by atoms with Gasteiger partial charge in [-0.2, -0.15) is 12.7 Å². The molecule has 0 atom stereocenters. The number of carbonyl (C=O) groups excluding carboxylic acids is 1. The smallest absolute Gasteiger partial charge is 0.421 e. The van der Waals surface area contributed by atoms with Crippen LogP contribution in [0.4, 0.5) is 4.79 Å². The molecule has 1 amide bonds. The predicted molar refractivity (Wildman–Crippen MR) is 72.0 cm³/mol. The third-order valence-electron chi connectivity index (χ3n) is 2.96. The minimum absolute atomic E-state index is 0.143. The number of hydrogen-bond acceptors (Lipinski definition) is 5. The van der Waals surface area contributed by atoms with Gasteiger partial charge in [0, 0.05) is 19.1 Å². The van der Waals surface area contributed by atoms with Crippen LogP contribution in [0.25, 0.3) is 0 Å². The number of nitrogens with zero attached hydrogens (tertiary/aromatic N) is 1. The number of carbonyl (C=O) groups is 1. The number of nitrogens with one attached hydrogen (secondary N) is 2. The third-order valence-corrected chi connectivity index (χ3v) is 4.43. The Morgan fingerprint density at radius 1 is 1.32 bits per heavy atom. The summed E-state index contributed by atoms with van der Waals surface area (Å²) in [7, 11) is -3.77. The molecule has 0 aromatic rings. The maximum atomic E-state index is 11.9. The summed E-state index contributed by atoms with van der Waals surface area (Å²) in [6.07, 6.45) is 1.64. The van der Waals surface area contributed by atoms with Gasteiger partial charge in [0.2, 0.25) is 0 Å². The first-order valence-corrected chi connectivity index (χ1v) is 8.11. The zero-order valence-electron chi connectivity index (χ0n) is 11.5. The molecule has 112 valence electrons. The highest BCUT2D eigenvalue weighted by Crippen LogP contribution is 2.13. The van der Waals surface area contributed by atoms with Gasteiger partial charge in [0.15, 0.2) is 0 Å². The van der Waals surface area contributed by atoms with E-state index in [1.807, 2.05) is 4.72 Å². The Balaban J connectivity index is 2.43. The van der Waals surface area contributed by atoms with Crippen LogP contribution >= 0.6 is 0 Å². The van der Waals surface area contributed by atoms with Gasteiger partial charge in [-0.3, -0.25) is 0 Å². The molecule has 1 aliphatic heterocycles. The van der Waals surface area contributed by atoms with Crippen molar-refractivity contribution in [1.82, 2.24) is 14.3 Å². The van der Waals surface area contributed by atoms with Crippen molar-refractivity contribution in [2.45, 2.75) is 39.2 Å². The Morgan fingerprint density at radius 2 is 1.95 bits per heavy atom. The summed E-state index contributed by atoms with van der Waals surface area (Å²) < 4.78 is 31.5. The van der Waals surface area contributed by atoms with Gasteiger partial charge < -0.3 is 10.1 Å². The molecular formula is C11H23N3O4S. The van der Waals surface area contributed by atoms with E-state index >= 15 is 0 Å². The van der Waals surface area contributed by atoms with Crippen LogP contribution in [0, 0.1) is 0 Å². The minimum atomic E-state index is -3.77. The Labute approximate surface area is 114 Å². The molecule has 0 aliphatic carbocycles. The molecule has 1 rings (SSSR count). The van der Waals surface area contributed by atoms with E-state index in [0.717, 1.165) is 25.8 Å². The normalized spacial score (nSPS) is 18.2. The molecule has 0 unspecified atom stereocenters. The fraction of sp³-hybridized carbons (Fsp3) is 0.909. The Bertz CT molecular complexity index is 377. The molecule has 1 fully saturated rings. The number of ether oxygens (including phenoxy) is 1. The largest absolute Gasteiger partial charge is 0.449 e. The van der Waals surface area contributed by atoms with Gasteiger partial charge >= 0.3 is 16.3 Å². The Hall–Kier alpha value is -0.860. The average molecular weight is 293 g/mol. The first-order valence-electron chi connectivity index (χ1n) is 6.67. The summed E-state index contributed by atoms with van der Waals surface area (Å²) in [5.74, 6) is 0. The number of piperidine rings is 1. The molecule has 1 aliphatic rings. The number of rotatable bonds is 6. The first kappa shape index (κ1) is 16.2. The van der Waals surface area contributed by atoms with E-state index in [4.69, 9.17) is 0 Å². The lowest BCUT2D eigenvalue weighted by Crippen LogP contribution is -2.50. The van der Waals surface area contributed by atoms with Gasteiger partial charge in [0.1, 0.15) is 0 Å².